The molecule has 0 aliphatic carbocycles. The van der Waals surface area contributed by atoms with E-state index < -0.39 is 30.6 Å². The largest absolute Gasteiger partial charge is 0.493 e. The first-order valence-corrected chi connectivity index (χ1v) is 11.1. The van der Waals surface area contributed by atoms with Gasteiger partial charge in [0.25, 0.3) is 0 Å². The Balaban J connectivity index is 1.71. The van der Waals surface area contributed by atoms with E-state index in [4.69, 9.17) is 31.5 Å². The third-order valence-electron chi connectivity index (χ3n) is 5.19. The smallest absolute Gasteiger partial charge is 0.338 e. The maximum atomic E-state index is 12.7. The molecule has 0 spiro atoms. The zero-order chi connectivity index (χ0) is 23.8. The molecule has 0 bridgehead atoms. The Hall–Kier alpha value is -2.12. The fourth-order valence-electron chi connectivity index (χ4n) is 3.39. The molecule has 10 heteroatoms. The molecule has 2 unspecified atom stereocenters. The van der Waals surface area contributed by atoms with Gasteiger partial charge >= 0.3 is 5.97 Å². The molecule has 1 fully saturated rings. The van der Waals surface area contributed by atoms with E-state index in [0.29, 0.717) is 30.3 Å². The number of hydrogen-bond acceptors (Lipinski definition) is 9. The van der Waals surface area contributed by atoms with Gasteiger partial charge in [0, 0.05) is 13.5 Å². The number of benzene rings is 2. The molecule has 2 aromatic rings. The molecule has 4 atom stereocenters. The minimum absolute atomic E-state index is 0.187. The van der Waals surface area contributed by atoms with Gasteiger partial charge in [-0.3, -0.25) is 0 Å². The number of ether oxygens (including phenoxy) is 6. The maximum absolute atomic E-state index is 12.7. The summed E-state index contributed by atoms with van der Waals surface area (Å²) in [6.45, 7) is 0.113. The van der Waals surface area contributed by atoms with Crippen molar-refractivity contribution >= 4 is 29.0 Å². The zero-order valence-electron chi connectivity index (χ0n) is 18.6. The van der Waals surface area contributed by atoms with Crippen molar-refractivity contribution < 1.29 is 41.4 Å². The standard InChI is InChI=1S/C23H27IO9/c1-27-17-9-15(10-18(28-2)22(17)30-12-14-7-5-4-6-8-14)23(26)31-13-19-21(25)16(33-24)11-20(29-3)32-19/h4-10,16,19-21,25H,11-13H2,1-3H3/t16?,19?,20-,21-/m0/s1. The van der Waals surface area contributed by atoms with Gasteiger partial charge in [-0.05, 0) is 17.7 Å². The summed E-state index contributed by atoms with van der Waals surface area (Å²) < 4.78 is 38.3. The molecule has 0 aromatic heterocycles. The number of carbonyl (C=O) groups excluding carboxylic acids is 1. The second-order valence-corrected chi connectivity index (χ2v) is 7.78. The molecule has 1 N–H and O–H groups in total. The molecule has 9 nitrogen and oxygen atoms in total. The van der Waals surface area contributed by atoms with Gasteiger partial charge in [-0.2, -0.15) is 0 Å². The van der Waals surface area contributed by atoms with Crippen molar-refractivity contribution in [3.8, 4) is 17.2 Å². The Labute approximate surface area is 206 Å². The number of carbonyl (C=O) groups is 1. The Morgan fingerprint density at radius 2 is 1.79 bits per heavy atom. The van der Waals surface area contributed by atoms with Crippen LogP contribution in [-0.2, 0) is 23.9 Å². The fraction of sp³-hybridized carbons (Fsp3) is 0.435. The van der Waals surface area contributed by atoms with Crippen LogP contribution in [0.2, 0.25) is 0 Å². The molecule has 0 radical (unpaired) electrons. The normalized spacial score (nSPS) is 22.5. The summed E-state index contributed by atoms with van der Waals surface area (Å²) in [5.74, 6) is 0.382. The molecule has 0 saturated carbocycles. The van der Waals surface area contributed by atoms with Crippen LogP contribution in [0.15, 0.2) is 42.5 Å². The number of hydrogen-bond donors (Lipinski definition) is 1. The molecular formula is C23H27IO9. The van der Waals surface area contributed by atoms with Gasteiger partial charge in [-0.15, -0.1) is 0 Å². The number of methoxy groups -OCH3 is 3. The molecule has 180 valence electrons. The van der Waals surface area contributed by atoms with E-state index in [1.54, 1.807) is 23.0 Å². The van der Waals surface area contributed by atoms with Crippen molar-refractivity contribution in [1.82, 2.24) is 0 Å². The number of halogens is 1. The molecule has 1 aliphatic heterocycles. The molecule has 1 aliphatic rings. The SMILES string of the molecule is COc1cc(C(=O)OCC2O[C@H](OC)CC(OI)[C@@H]2O)cc(OC)c1OCc1ccccc1. The van der Waals surface area contributed by atoms with Gasteiger partial charge in [0.1, 0.15) is 54.5 Å². The lowest BCUT2D eigenvalue weighted by atomic mass is 10.0. The van der Waals surface area contributed by atoms with Gasteiger partial charge in [0.2, 0.25) is 5.75 Å². The quantitative estimate of drug-likeness (QED) is 0.339. The number of esters is 1. The summed E-state index contributed by atoms with van der Waals surface area (Å²) in [6.07, 6.45) is -2.49. The summed E-state index contributed by atoms with van der Waals surface area (Å²) in [4.78, 5) is 12.7. The Kier molecular flexibility index (Phi) is 9.56. The van der Waals surface area contributed by atoms with Crippen LogP contribution in [0.25, 0.3) is 0 Å². The first-order valence-electron chi connectivity index (χ1n) is 10.2. The Bertz CT molecular complexity index is 883. The van der Waals surface area contributed by atoms with Gasteiger partial charge in [-0.1, -0.05) is 30.3 Å². The second kappa shape index (κ2) is 12.4. The second-order valence-electron chi connectivity index (χ2n) is 7.28. The molecule has 1 saturated heterocycles. The Morgan fingerprint density at radius 1 is 1.12 bits per heavy atom. The van der Waals surface area contributed by atoms with Gasteiger partial charge in [0.05, 0.1) is 19.8 Å². The van der Waals surface area contributed by atoms with E-state index in [1.165, 1.54) is 33.5 Å². The van der Waals surface area contributed by atoms with Crippen LogP contribution < -0.4 is 14.2 Å². The highest BCUT2D eigenvalue weighted by molar-refractivity contribution is 14.1. The van der Waals surface area contributed by atoms with Crippen LogP contribution in [-0.4, -0.2) is 63.6 Å². The van der Waals surface area contributed by atoms with Crippen molar-refractivity contribution in [2.45, 2.75) is 37.6 Å². The highest BCUT2D eigenvalue weighted by atomic mass is 127. The van der Waals surface area contributed by atoms with Crippen LogP contribution in [0, 0.1) is 0 Å². The van der Waals surface area contributed by atoms with Crippen LogP contribution >= 0.6 is 23.0 Å². The maximum Gasteiger partial charge on any atom is 0.338 e. The topological polar surface area (TPSA) is 102 Å². The van der Waals surface area contributed by atoms with Crippen molar-refractivity contribution in [1.29, 1.82) is 0 Å². The van der Waals surface area contributed by atoms with E-state index in [-0.39, 0.29) is 12.2 Å². The molecule has 2 aromatic carbocycles. The van der Waals surface area contributed by atoms with Gasteiger partial charge in [-0.25, -0.2) is 4.79 Å². The van der Waals surface area contributed by atoms with Crippen molar-refractivity contribution in [3.63, 3.8) is 0 Å². The minimum atomic E-state index is -0.973. The minimum Gasteiger partial charge on any atom is -0.493 e. The first-order chi connectivity index (χ1) is 16.0. The zero-order valence-corrected chi connectivity index (χ0v) is 20.7. The average molecular weight is 574 g/mol. The predicted molar refractivity (Wildman–Crippen MR) is 126 cm³/mol. The number of rotatable bonds is 10. The summed E-state index contributed by atoms with van der Waals surface area (Å²) in [6, 6.07) is 12.7. The van der Waals surface area contributed by atoms with Crippen LogP contribution in [0.1, 0.15) is 22.3 Å². The lowest BCUT2D eigenvalue weighted by molar-refractivity contribution is -0.241. The number of aliphatic hydroxyl groups is 1. The predicted octanol–water partition coefficient (Wildman–Crippen LogP) is 3.30. The number of aliphatic hydroxyl groups excluding tert-OH is 1. The molecule has 1 heterocycles. The fourth-order valence-corrected chi connectivity index (χ4v) is 3.90. The van der Waals surface area contributed by atoms with Crippen LogP contribution in [0.3, 0.4) is 0 Å². The van der Waals surface area contributed by atoms with Crippen LogP contribution in [0.5, 0.6) is 17.2 Å². The third-order valence-corrected chi connectivity index (χ3v) is 5.84. The molecule has 0 amide bonds. The third kappa shape index (κ3) is 6.48. The first kappa shape index (κ1) is 25.5. The van der Waals surface area contributed by atoms with Crippen molar-refractivity contribution in [2.24, 2.45) is 0 Å². The van der Waals surface area contributed by atoms with E-state index in [0.717, 1.165) is 5.56 Å². The van der Waals surface area contributed by atoms with E-state index in [2.05, 4.69) is 0 Å². The molecule has 3 rings (SSSR count). The van der Waals surface area contributed by atoms with Crippen molar-refractivity contribution in [2.75, 3.05) is 27.9 Å². The van der Waals surface area contributed by atoms with E-state index >= 15 is 0 Å². The summed E-state index contributed by atoms with van der Waals surface area (Å²) >= 11 is 1.72. The summed E-state index contributed by atoms with van der Waals surface area (Å²) in [7, 11) is 4.44. The summed E-state index contributed by atoms with van der Waals surface area (Å²) in [5, 5.41) is 10.4. The van der Waals surface area contributed by atoms with E-state index in [1.807, 2.05) is 30.3 Å². The average Bonchev–Trinajstić information content (AvgIpc) is 2.86. The lowest BCUT2D eigenvalue weighted by Gasteiger charge is -2.36. The molecular weight excluding hydrogens is 547 g/mol. The molecule has 33 heavy (non-hydrogen) atoms. The van der Waals surface area contributed by atoms with Gasteiger partial charge < -0.3 is 36.6 Å². The lowest BCUT2D eigenvalue weighted by Crippen LogP contribution is -2.51. The monoisotopic (exact) mass is 574 g/mol. The highest BCUT2D eigenvalue weighted by Crippen LogP contribution is 2.39. The Morgan fingerprint density at radius 3 is 2.36 bits per heavy atom. The van der Waals surface area contributed by atoms with Crippen molar-refractivity contribution in [3.05, 3.63) is 53.6 Å². The highest BCUT2D eigenvalue weighted by Gasteiger charge is 2.39. The summed E-state index contributed by atoms with van der Waals surface area (Å²) in [5.41, 5.74) is 1.17. The van der Waals surface area contributed by atoms with Crippen LogP contribution in [0.4, 0.5) is 0 Å². The van der Waals surface area contributed by atoms with E-state index in [9.17, 15) is 9.90 Å². The van der Waals surface area contributed by atoms with Gasteiger partial charge in [0.15, 0.2) is 17.8 Å².